The van der Waals surface area contributed by atoms with E-state index >= 15 is 0 Å². The van der Waals surface area contributed by atoms with Gasteiger partial charge in [-0.15, -0.1) is 11.3 Å². The van der Waals surface area contributed by atoms with Crippen LogP contribution in [-0.4, -0.2) is 50.5 Å². The molecule has 120 valence electrons. The molecule has 7 heteroatoms. The molecular formula is C14H25N3O2S2. The lowest BCUT2D eigenvalue weighted by Crippen LogP contribution is -2.32. The van der Waals surface area contributed by atoms with Crippen molar-refractivity contribution in [1.82, 2.24) is 9.62 Å². The number of amidine groups is 1. The second-order valence-corrected chi connectivity index (χ2v) is 8.05. The Labute approximate surface area is 132 Å². The normalized spacial score (nSPS) is 13.1. The van der Waals surface area contributed by atoms with Crippen LogP contribution in [-0.2, 0) is 10.0 Å². The van der Waals surface area contributed by atoms with Gasteiger partial charge in [-0.1, -0.05) is 13.0 Å². The van der Waals surface area contributed by atoms with Crippen LogP contribution in [0.25, 0.3) is 0 Å². The number of nitrogens with zero attached hydrogens (tertiary/aromatic N) is 2. The van der Waals surface area contributed by atoms with Crippen molar-refractivity contribution in [2.45, 2.75) is 33.2 Å². The molecular weight excluding hydrogens is 306 g/mol. The van der Waals surface area contributed by atoms with Crippen LogP contribution in [0, 0.1) is 0 Å². The van der Waals surface area contributed by atoms with Crippen LogP contribution in [0.4, 0.5) is 0 Å². The van der Waals surface area contributed by atoms with E-state index in [-0.39, 0.29) is 0 Å². The molecule has 0 spiro atoms. The zero-order valence-corrected chi connectivity index (χ0v) is 14.8. The third-order valence-corrected chi connectivity index (χ3v) is 5.09. The van der Waals surface area contributed by atoms with Gasteiger partial charge in [0.2, 0.25) is 10.0 Å². The summed E-state index contributed by atoms with van der Waals surface area (Å²) < 4.78 is 24.5. The lowest BCUT2D eigenvalue weighted by atomic mass is 10.3. The number of rotatable bonds is 8. The molecule has 5 nitrogen and oxygen atoms in total. The van der Waals surface area contributed by atoms with Gasteiger partial charge >= 0.3 is 0 Å². The molecule has 0 amide bonds. The van der Waals surface area contributed by atoms with Gasteiger partial charge in [-0.3, -0.25) is 4.99 Å². The molecule has 0 unspecified atom stereocenters. The van der Waals surface area contributed by atoms with Crippen LogP contribution in [0.1, 0.15) is 32.1 Å². The first kappa shape index (κ1) is 18.1. The average molecular weight is 332 g/mol. The molecule has 1 aromatic heterocycles. The second kappa shape index (κ2) is 8.51. The third-order valence-electron chi connectivity index (χ3n) is 2.84. The maximum Gasteiger partial charge on any atom is 0.211 e. The molecule has 1 N–H and O–H groups in total. The first-order valence-corrected chi connectivity index (χ1v) is 9.87. The van der Waals surface area contributed by atoms with Crippen molar-refractivity contribution >= 4 is 27.2 Å². The summed E-state index contributed by atoms with van der Waals surface area (Å²) in [5, 5.41) is 5.37. The molecule has 1 heterocycles. The fourth-order valence-corrected chi connectivity index (χ4v) is 3.50. The van der Waals surface area contributed by atoms with E-state index in [0.29, 0.717) is 25.7 Å². The predicted octanol–water partition coefficient (Wildman–Crippen LogP) is 2.16. The molecule has 0 saturated carbocycles. The van der Waals surface area contributed by atoms with Gasteiger partial charge in [0.25, 0.3) is 0 Å². The van der Waals surface area contributed by atoms with Crippen LogP contribution >= 0.6 is 11.3 Å². The first-order valence-electron chi connectivity index (χ1n) is 7.14. The van der Waals surface area contributed by atoms with Crippen molar-refractivity contribution in [2.75, 3.05) is 25.9 Å². The van der Waals surface area contributed by atoms with Gasteiger partial charge in [-0.05, 0) is 31.7 Å². The number of aliphatic imine (C=N–C) groups is 1. The third kappa shape index (κ3) is 6.58. The number of hydrogen-bond donors (Lipinski definition) is 1. The van der Waals surface area contributed by atoms with E-state index in [1.165, 1.54) is 10.6 Å². The first-order chi connectivity index (χ1) is 9.84. The minimum atomic E-state index is -3.11. The Hall–Kier alpha value is -0.920. The van der Waals surface area contributed by atoms with E-state index in [9.17, 15) is 8.42 Å². The standard InChI is InChI=1S/C14H25N3O2S2/c1-5-17(21(4,18)19)10-7-9-15-14(16-12(2)3)13-8-6-11-20-13/h6,8,11-12H,5,7,9-10H2,1-4H3,(H,15,16). The van der Waals surface area contributed by atoms with Gasteiger partial charge in [-0.2, -0.15) is 0 Å². The summed E-state index contributed by atoms with van der Waals surface area (Å²) in [7, 11) is -3.11. The lowest BCUT2D eigenvalue weighted by Gasteiger charge is -2.17. The quantitative estimate of drug-likeness (QED) is 0.451. The van der Waals surface area contributed by atoms with Crippen LogP contribution in [0.3, 0.4) is 0 Å². The summed E-state index contributed by atoms with van der Waals surface area (Å²) in [6.45, 7) is 7.63. The smallest absolute Gasteiger partial charge is 0.211 e. The van der Waals surface area contributed by atoms with Gasteiger partial charge in [0, 0.05) is 25.7 Å². The molecule has 0 saturated heterocycles. The second-order valence-electron chi connectivity index (χ2n) is 5.11. The molecule has 0 aliphatic rings. The average Bonchev–Trinajstić information content (AvgIpc) is 2.89. The summed E-state index contributed by atoms with van der Waals surface area (Å²) in [5.74, 6) is 0.891. The van der Waals surface area contributed by atoms with Gasteiger partial charge in [0.15, 0.2) is 0 Å². The van der Waals surface area contributed by atoms with Crippen molar-refractivity contribution in [2.24, 2.45) is 4.99 Å². The van der Waals surface area contributed by atoms with E-state index < -0.39 is 10.0 Å². The highest BCUT2D eigenvalue weighted by Crippen LogP contribution is 2.10. The van der Waals surface area contributed by atoms with E-state index in [1.54, 1.807) is 11.3 Å². The molecule has 0 aliphatic carbocycles. The topological polar surface area (TPSA) is 61.8 Å². The fourth-order valence-electron chi connectivity index (χ4n) is 1.88. The van der Waals surface area contributed by atoms with E-state index in [2.05, 4.69) is 24.2 Å². The SMILES string of the molecule is CCN(CCCN=C(NC(C)C)c1cccs1)S(C)(=O)=O. The van der Waals surface area contributed by atoms with E-state index in [1.807, 2.05) is 24.4 Å². The Kier molecular flexibility index (Phi) is 7.34. The number of nitrogens with one attached hydrogen (secondary N) is 1. The van der Waals surface area contributed by atoms with Crippen LogP contribution in [0.15, 0.2) is 22.5 Å². The highest BCUT2D eigenvalue weighted by molar-refractivity contribution is 7.88. The molecule has 0 aromatic carbocycles. The lowest BCUT2D eigenvalue weighted by molar-refractivity contribution is 0.427. The molecule has 0 aliphatic heterocycles. The van der Waals surface area contributed by atoms with Gasteiger partial charge in [-0.25, -0.2) is 12.7 Å². The summed E-state index contributed by atoms with van der Waals surface area (Å²) in [4.78, 5) is 5.70. The summed E-state index contributed by atoms with van der Waals surface area (Å²) in [6, 6.07) is 4.35. The molecule has 0 atom stereocenters. The Balaban J connectivity index is 2.59. The molecule has 1 aromatic rings. The monoisotopic (exact) mass is 331 g/mol. The maximum absolute atomic E-state index is 11.5. The number of hydrogen-bond acceptors (Lipinski definition) is 4. The summed E-state index contributed by atoms with van der Waals surface area (Å²) in [6.07, 6.45) is 1.97. The van der Waals surface area contributed by atoms with Crippen molar-refractivity contribution in [3.63, 3.8) is 0 Å². The maximum atomic E-state index is 11.5. The molecule has 21 heavy (non-hydrogen) atoms. The summed E-state index contributed by atoms with van der Waals surface area (Å²) in [5.41, 5.74) is 0. The minimum Gasteiger partial charge on any atom is -0.367 e. The summed E-state index contributed by atoms with van der Waals surface area (Å²) >= 11 is 1.65. The predicted molar refractivity (Wildman–Crippen MR) is 90.7 cm³/mol. The van der Waals surface area contributed by atoms with Crippen molar-refractivity contribution in [3.05, 3.63) is 22.4 Å². The van der Waals surface area contributed by atoms with Crippen LogP contribution in [0.5, 0.6) is 0 Å². The molecule has 0 bridgehead atoms. The van der Waals surface area contributed by atoms with Crippen molar-refractivity contribution < 1.29 is 8.42 Å². The van der Waals surface area contributed by atoms with Crippen LogP contribution < -0.4 is 5.32 Å². The zero-order chi connectivity index (χ0) is 15.9. The Morgan fingerprint density at radius 2 is 2.19 bits per heavy atom. The molecule has 1 rings (SSSR count). The largest absolute Gasteiger partial charge is 0.367 e. The Morgan fingerprint density at radius 3 is 2.67 bits per heavy atom. The van der Waals surface area contributed by atoms with Crippen LogP contribution in [0.2, 0.25) is 0 Å². The Morgan fingerprint density at radius 1 is 1.48 bits per heavy atom. The van der Waals surface area contributed by atoms with Crippen molar-refractivity contribution in [3.8, 4) is 0 Å². The van der Waals surface area contributed by atoms with E-state index in [0.717, 1.165) is 17.1 Å². The van der Waals surface area contributed by atoms with Gasteiger partial charge in [0.05, 0.1) is 11.1 Å². The highest BCUT2D eigenvalue weighted by Gasteiger charge is 2.13. The fraction of sp³-hybridized carbons (Fsp3) is 0.643. The molecule has 0 fully saturated rings. The number of sulfonamides is 1. The molecule has 0 radical (unpaired) electrons. The van der Waals surface area contributed by atoms with Gasteiger partial charge < -0.3 is 5.32 Å². The van der Waals surface area contributed by atoms with Gasteiger partial charge in [0.1, 0.15) is 5.84 Å². The zero-order valence-electron chi connectivity index (χ0n) is 13.2. The van der Waals surface area contributed by atoms with E-state index in [4.69, 9.17) is 0 Å². The number of thiophene rings is 1. The van der Waals surface area contributed by atoms with Crippen molar-refractivity contribution in [1.29, 1.82) is 0 Å². The highest BCUT2D eigenvalue weighted by atomic mass is 32.2. The minimum absolute atomic E-state index is 0.314. The Bertz CT molecular complexity index is 537.